The Hall–Kier alpha value is -1.27. The molecule has 0 amide bonds. The van der Waals surface area contributed by atoms with E-state index in [2.05, 4.69) is 0 Å². The van der Waals surface area contributed by atoms with E-state index >= 15 is 0 Å². The number of aliphatic carboxylic acids is 2. The van der Waals surface area contributed by atoms with Gasteiger partial charge >= 0.3 is 18.1 Å². The van der Waals surface area contributed by atoms with Crippen molar-refractivity contribution in [2.45, 2.75) is 45.2 Å². The van der Waals surface area contributed by atoms with Crippen LogP contribution >= 0.6 is 0 Å². The average Bonchev–Trinajstić information content (AvgIpc) is 2.18. The summed E-state index contributed by atoms with van der Waals surface area (Å²) in [5.41, 5.74) is -0.405. The molecular weight excluding hydrogens is 241 g/mol. The Labute approximate surface area is 96.4 Å². The fourth-order valence-electron chi connectivity index (χ4n) is 1.55. The fourth-order valence-corrected chi connectivity index (χ4v) is 1.55. The summed E-state index contributed by atoms with van der Waals surface area (Å²) in [4.78, 5) is 19.6. The Morgan fingerprint density at radius 3 is 1.59 bits per heavy atom. The van der Waals surface area contributed by atoms with E-state index < -0.39 is 23.5 Å². The lowest BCUT2D eigenvalue weighted by Gasteiger charge is -2.28. The zero-order valence-corrected chi connectivity index (χ0v) is 9.38. The Balaban J connectivity index is 0.000000325. The van der Waals surface area contributed by atoms with Crippen molar-refractivity contribution >= 4 is 11.9 Å². The van der Waals surface area contributed by atoms with E-state index in [0.717, 1.165) is 25.7 Å². The summed E-state index contributed by atoms with van der Waals surface area (Å²) in [5, 5.41) is 15.9. The maximum absolute atomic E-state index is 10.7. The monoisotopic (exact) mass is 256 g/mol. The van der Waals surface area contributed by atoms with Gasteiger partial charge in [0.05, 0.1) is 5.41 Å². The van der Waals surface area contributed by atoms with Gasteiger partial charge in [0, 0.05) is 0 Å². The van der Waals surface area contributed by atoms with Gasteiger partial charge in [-0.3, -0.25) is 4.79 Å². The average molecular weight is 256 g/mol. The van der Waals surface area contributed by atoms with E-state index in [9.17, 15) is 18.0 Å². The molecule has 4 nitrogen and oxygen atoms in total. The molecular formula is C10H15F3O4. The zero-order chi connectivity index (χ0) is 13.7. The molecule has 0 aromatic heterocycles. The first-order valence-corrected chi connectivity index (χ1v) is 5.13. The number of hydrogen-bond acceptors (Lipinski definition) is 2. The molecule has 1 saturated carbocycles. The molecule has 7 heteroatoms. The SMILES string of the molecule is CC1(C(=O)O)CCCCC1.O=C(O)C(F)(F)F. The lowest BCUT2D eigenvalue weighted by Crippen LogP contribution is -2.29. The number of alkyl halides is 3. The number of carbonyl (C=O) groups is 2. The summed E-state index contributed by atoms with van der Waals surface area (Å²) in [6, 6.07) is 0. The normalized spacial score (nSPS) is 18.8. The molecule has 1 rings (SSSR count). The van der Waals surface area contributed by atoms with Crippen molar-refractivity contribution in [3.63, 3.8) is 0 Å². The smallest absolute Gasteiger partial charge is 0.481 e. The number of rotatable bonds is 1. The third-order valence-electron chi connectivity index (χ3n) is 2.72. The molecule has 0 radical (unpaired) electrons. The Bertz CT molecular complexity index is 280. The van der Waals surface area contributed by atoms with Gasteiger partial charge in [0.2, 0.25) is 0 Å². The number of halogens is 3. The summed E-state index contributed by atoms with van der Waals surface area (Å²) >= 11 is 0. The van der Waals surface area contributed by atoms with E-state index in [1.807, 2.05) is 6.92 Å². The first kappa shape index (κ1) is 15.7. The van der Waals surface area contributed by atoms with Gasteiger partial charge in [0.1, 0.15) is 0 Å². The van der Waals surface area contributed by atoms with Crippen molar-refractivity contribution in [3.05, 3.63) is 0 Å². The second-order valence-electron chi connectivity index (χ2n) is 4.23. The minimum Gasteiger partial charge on any atom is -0.481 e. The first-order valence-electron chi connectivity index (χ1n) is 5.13. The highest BCUT2D eigenvalue weighted by atomic mass is 19.4. The number of hydrogen-bond donors (Lipinski definition) is 2. The molecule has 0 aromatic rings. The van der Waals surface area contributed by atoms with Crippen LogP contribution < -0.4 is 0 Å². The predicted octanol–water partition coefficient (Wildman–Crippen LogP) is 2.67. The van der Waals surface area contributed by atoms with Crippen molar-refractivity contribution in [1.29, 1.82) is 0 Å². The van der Waals surface area contributed by atoms with E-state index in [4.69, 9.17) is 15.0 Å². The van der Waals surface area contributed by atoms with Crippen LogP contribution in [0.3, 0.4) is 0 Å². The molecule has 0 spiro atoms. The van der Waals surface area contributed by atoms with Crippen LogP contribution in [0.1, 0.15) is 39.0 Å². The molecule has 0 unspecified atom stereocenters. The van der Waals surface area contributed by atoms with Crippen molar-refractivity contribution in [2.24, 2.45) is 5.41 Å². The summed E-state index contributed by atoms with van der Waals surface area (Å²) in [5.74, 6) is -3.38. The van der Waals surface area contributed by atoms with Crippen LogP contribution in [0, 0.1) is 5.41 Å². The molecule has 0 aliphatic heterocycles. The Morgan fingerprint density at radius 1 is 1.06 bits per heavy atom. The Kier molecular flexibility index (Phi) is 5.44. The summed E-state index contributed by atoms with van der Waals surface area (Å²) in [7, 11) is 0. The lowest BCUT2D eigenvalue weighted by molar-refractivity contribution is -0.192. The molecule has 0 heterocycles. The zero-order valence-electron chi connectivity index (χ0n) is 9.38. The molecule has 17 heavy (non-hydrogen) atoms. The van der Waals surface area contributed by atoms with Crippen LogP contribution in [0.15, 0.2) is 0 Å². The van der Waals surface area contributed by atoms with Crippen LogP contribution in [0.25, 0.3) is 0 Å². The van der Waals surface area contributed by atoms with E-state index in [0.29, 0.717) is 0 Å². The molecule has 0 atom stereocenters. The van der Waals surface area contributed by atoms with Crippen LogP contribution in [-0.4, -0.2) is 28.3 Å². The quantitative estimate of drug-likeness (QED) is 0.756. The predicted molar refractivity (Wildman–Crippen MR) is 52.5 cm³/mol. The van der Waals surface area contributed by atoms with Crippen LogP contribution in [0.4, 0.5) is 13.2 Å². The number of carboxylic acids is 2. The molecule has 100 valence electrons. The van der Waals surface area contributed by atoms with Gasteiger partial charge in [-0.05, 0) is 19.8 Å². The topological polar surface area (TPSA) is 74.6 Å². The maximum atomic E-state index is 10.7. The minimum absolute atomic E-state index is 0.405. The van der Waals surface area contributed by atoms with Gasteiger partial charge < -0.3 is 10.2 Å². The molecule has 0 saturated heterocycles. The van der Waals surface area contributed by atoms with Gasteiger partial charge in [-0.1, -0.05) is 19.3 Å². The second-order valence-corrected chi connectivity index (χ2v) is 4.23. The molecule has 1 aliphatic rings. The van der Waals surface area contributed by atoms with Crippen molar-refractivity contribution in [1.82, 2.24) is 0 Å². The van der Waals surface area contributed by atoms with Crippen LogP contribution in [0.2, 0.25) is 0 Å². The van der Waals surface area contributed by atoms with Crippen molar-refractivity contribution in [3.8, 4) is 0 Å². The van der Waals surface area contributed by atoms with E-state index in [-0.39, 0.29) is 0 Å². The highest BCUT2D eigenvalue weighted by Crippen LogP contribution is 2.35. The van der Waals surface area contributed by atoms with E-state index in [1.54, 1.807) is 0 Å². The summed E-state index contributed by atoms with van der Waals surface area (Å²) in [6.07, 6.45) is 0.0269. The third-order valence-corrected chi connectivity index (χ3v) is 2.72. The standard InChI is InChI=1S/C8H14O2.C2HF3O2/c1-8(7(9)10)5-3-2-4-6-8;3-2(4,5)1(6)7/h2-6H2,1H3,(H,9,10);(H,6,7). The van der Waals surface area contributed by atoms with Crippen molar-refractivity contribution < 1.29 is 33.0 Å². The second kappa shape index (κ2) is 5.88. The van der Waals surface area contributed by atoms with Gasteiger partial charge in [-0.15, -0.1) is 0 Å². The maximum Gasteiger partial charge on any atom is 0.490 e. The van der Waals surface area contributed by atoms with Crippen molar-refractivity contribution in [2.75, 3.05) is 0 Å². The van der Waals surface area contributed by atoms with Crippen LogP contribution in [-0.2, 0) is 9.59 Å². The molecule has 0 bridgehead atoms. The Morgan fingerprint density at radius 2 is 1.41 bits per heavy atom. The molecule has 1 aliphatic carbocycles. The molecule has 2 N–H and O–H groups in total. The van der Waals surface area contributed by atoms with Gasteiger partial charge in [-0.25, -0.2) is 4.79 Å². The largest absolute Gasteiger partial charge is 0.490 e. The molecule has 0 aromatic carbocycles. The summed E-state index contributed by atoms with van der Waals surface area (Å²) in [6.45, 7) is 1.86. The highest BCUT2D eigenvalue weighted by molar-refractivity contribution is 5.74. The van der Waals surface area contributed by atoms with Crippen LogP contribution in [0.5, 0.6) is 0 Å². The van der Waals surface area contributed by atoms with E-state index in [1.165, 1.54) is 6.42 Å². The first-order chi connectivity index (χ1) is 7.59. The number of carboxylic acid groups (broad SMARTS) is 2. The highest BCUT2D eigenvalue weighted by Gasteiger charge is 2.38. The van der Waals surface area contributed by atoms with Gasteiger partial charge in [0.15, 0.2) is 0 Å². The minimum atomic E-state index is -5.08. The lowest BCUT2D eigenvalue weighted by atomic mass is 9.76. The fraction of sp³-hybridized carbons (Fsp3) is 0.800. The third kappa shape index (κ3) is 5.55. The van der Waals surface area contributed by atoms with Gasteiger partial charge in [0.25, 0.3) is 0 Å². The summed E-state index contributed by atoms with van der Waals surface area (Å²) < 4.78 is 31.7. The molecule has 1 fully saturated rings. The van der Waals surface area contributed by atoms with Gasteiger partial charge in [-0.2, -0.15) is 13.2 Å².